The number of aliphatic hydroxyl groups is 1. The zero-order chi connectivity index (χ0) is 15.7. The first-order chi connectivity index (χ1) is 10.5. The molecule has 5 nitrogen and oxygen atoms in total. The summed E-state index contributed by atoms with van der Waals surface area (Å²) in [6.45, 7) is 3.95. The largest absolute Gasteiger partial charge is 0.390 e. The maximum absolute atomic E-state index is 12.4. The Kier molecular flexibility index (Phi) is 4.54. The highest BCUT2D eigenvalue weighted by Crippen LogP contribution is 2.28. The summed E-state index contributed by atoms with van der Waals surface area (Å²) in [5, 5.41) is 10.5. The van der Waals surface area contributed by atoms with Crippen LogP contribution in [0.5, 0.6) is 0 Å². The van der Waals surface area contributed by atoms with Gasteiger partial charge in [-0.25, -0.2) is 13.1 Å². The zero-order valence-electron chi connectivity index (χ0n) is 12.9. The quantitative estimate of drug-likeness (QED) is 0.875. The smallest absolute Gasteiger partial charge is 0.240 e. The van der Waals surface area contributed by atoms with Crippen molar-refractivity contribution in [2.24, 2.45) is 0 Å². The third kappa shape index (κ3) is 3.20. The molecule has 1 aliphatic heterocycles. The Bertz CT molecular complexity index is 609. The standard InChI is InChI=1S/C16H24N2O3S/c1-12-4-6-13(7-5-12)22(20,21)17-14-8-9-15(16(14)19)18-10-2-3-11-18/h4-7,14-17,19H,2-3,8-11H2,1H3/t14-,15-,16-/m1/s1. The van der Waals surface area contributed by atoms with E-state index in [0.717, 1.165) is 25.1 Å². The fraction of sp³-hybridized carbons (Fsp3) is 0.625. The fourth-order valence-electron chi connectivity index (χ4n) is 3.55. The van der Waals surface area contributed by atoms with Gasteiger partial charge in [-0.1, -0.05) is 17.7 Å². The van der Waals surface area contributed by atoms with E-state index < -0.39 is 22.2 Å². The molecule has 1 saturated heterocycles. The van der Waals surface area contributed by atoms with Gasteiger partial charge in [-0.3, -0.25) is 4.90 Å². The molecule has 0 bridgehead atoms. The minimum Gasteiger partial charge on any atom is -0.390 e. The van der Waals surface area contributed by atoms with Crippen molar-refractivity contribution in [3.8, 4) is 0 Å². The predicted molar refractivity (Wildman–Crippen MR) is 85.1 cm³/mol. The number of aliphatic hydroxyl groups excluding tert-OH is 1. The maximum Gasteiger partial charge on any atom is 0.240 e. The molecule has 1 aromatic rings. The van der Waals surface area contributed by atoms with Crippen LogP contribution >= 0.6 is 0 Å². The molecule has 1 aliphatic carbocycles. The van der Waals surface area contributed by atoms with Crippen molar-refractivity contribution >= 4 is 10.0 Å². The molecule has 0 radical (unpaired) electrons. The van der Waals surface area contributed by atoms with Gasteiger partial charge in [-0.05, 0) is 57.8 Å². The first kappa shape index (κ1) is 15.9. The molecule has 1 heterocycles. The molecule has 22 heavy (non-hydrogen) atoms. The second-order valence-corrected chi connectivity index (χ2v) is 8.13. The topological polar surface area (TPSA) is 69.6 Å². The molecule has 0 aromatic heterocycles. The Balaban J connectivity index is 1.69. The lowest BCUT2D eigenvalue weighted by Gasteiger charge is -2.28. The molecule has 1 aromatic carbocycles. The second-order valence-electron chi connectivity index (χ2n) is 6.42. The summed E-state index contributed by atoms with van der Waals surface area (Å²) in [4.78, 5) is 2.56. The van der Waals surface area contributed by atoms with Crippen molar-refractivity contribution < 1.29 is 13.5 Å². The SMILES string of the molecule is Cc1ccc(S(=O)(=O)N[C@@H]2CC[C@@H](N3CCCC3)[C@@H]2O)cc1. The molecular weight excluding hydrogens is 300 g/mol. The van der Waals surface area contributed by atoms with E-state index in [4.69, 9.17) is 0 Å². The highest BCUT2D eigenvalue weighted by molar-refractivity contribution is 7.89. The normalized spacial score (nSPS) is 30.0. The Morgan fingerprint density at radius 2 is 1.77 bits per heavy atom. The highest BCUT2D eigenvalue weighted by atomic mass is 32.2. The summed E-state index contributed by atoms with van der Waals surface area (Å²) in [5.41, 5.74) is 1.02. The van der Waals surface area contributed by atoms with Crippen molar-refractivity contribution in [2.45, 2.75) is 55.7 Å². The monoisotopic (exact) mass is 324 g/mol. The highest BCUT2D eigenvalue weighted by Gasteiger charge is 2.40. The van der Waals surface area contributed by atoms with Crippen LogP contribution in [-0.2, 0) is 10.0 Å². The van der Waals surface area contributed by atoms with E-state index in [1.165, 1.54) is 12.8 Å². The molecule has 2 fully saturated rings. The number of hydrogen-bond acceptors (Lipinski definition) is 4. The van der Waals surface area contributed by atoms with Crippen molar-refractivity contribution in [2.75, 3.05) is 13.1 Å². The van der Waals surface area contributed by atoms with Crippen LogP contribution < -0.4 is 4.72 Å². The van der Waals surface area contributed by atoms with E-state index in [-0.39, 0.29) is 10.9 Å². The van der Waals surface area contributed by atoms with E-state index in [9.17, 15) is 13.5 Å². The summed E-state index contributed by atoms with van der Waals surface area (Å²) >= 11 is 0. The van der Waals surface area contributed by atoms with Gasteiger partial charge in [0.1, 0.15) is 0 Å². The lowest BCUT2D eigenvalue weighted by Crippen LogP contribution is -2.47. The van der Waals surface area contributed by atoms with Crippen molar-refractivity contribution in [3.05, 3.63) is 29.8 Å². The summed E-state index contributed by atoms with van der Waals surface area (Å²) in [7, 11) is -3.57. The average Bonchev–Trinajstić information content (AvgIpc) is 3.10. The zero-order valence-corrected chi connectivity index (χ0v) is 13.7. The van der Waals surface area contributed by atoms with E-state index >= 15 is 0 Å². The van der Waals surface area contributed by atoms with Gasteiger partial charge in [0, 0.05) is 12.1 Å². The number of sulfonamides is 1. The molecule has 2 N–H and O–H groups in total. The maximum atomic E-state index is 12.4. The van der Waals surface area contributed by atoms with E-state index in [0.29, 0.717) is 6.42 Å². The third-order valence-electron chi connectivity index (χ3n) is 4.83. The molecule has 0 spiro atoms. The van der Waals surface area contributed by atoms with Crippen LogP contribution in [0.15, 0.2) is 29.2 Å². The first-order valence-electron chi connectivity index (χ1n) is 7.98. The van der Waals surface area contributed by atoms with E-state index in [1.807, 2.05) is 6.92 Å². The van der Waals surface area contributed by atoms with Gasteiger partial charge in [-0.2, -0.15) is 0 Å². The number of nitrogens with one attached hydrogen (secondary N) is 1. The van der Waals surface area contributed by atoms with Gasteiger partial charge in [0.15, 0.2) is 0 Å². The number of aryl methyl sites for hydroxylation is 1. The second kappa shape index (κ2) is 6.28. The first-order valence-corrected chi connectivity index (χ1v) is 9.47. The summed E-state index contributed by atoms with van der Waals surface area (Å²) in [6.07, 6.45) is 3.25. The molecule has 2 aliphatic rings. The number of hydrogen-bond donors (Lipinski definition) is 2. The number of likely N-dealkylation sites (tertiary alicyclic amines) is 1. The van der Waals surface area contributed by atoms with Crippen LogP contribution in [0.3, 0.4) is 0 Å². The number of nitrogens with zero attached hydrogens (tertiary/aromatic N) is 1. The Labute approximate surface area is 132 Å². The Hall–Kier alpha value is -0.950. The van der Waals surface area contributed by atoms with Crippen LogP contribution in [0.4, 0.5) is 0 Å². The predicted octanol–water partition coefficient (Wildman–Crippen LogP) is 1.26. The molecule has 0 unspecified atom stereocenters. The van der Waals surface area contributed by atoms with Crippen LogP contribution in [0.1, 0.15) is 31.2 Å². The van der Waals surface area contributed by atoms with Gasteiger partial charge >= 0.3 is 0 Å². The van der Waals surface area contributed by atoms with Crippen LogP contribution in [0.25, 0.3) is 0 Å². The van der Waals surface area contributed by atoms with Crippen molar-refractivity contribution in [1.29, 1.82) is 0 Å². The third-order valence-corrected chi connectivity index (χ3v) is 6.33. The fourth-order valence-corrected chi connectivity index (χ4v) is 4.83. The molecule has 3 rings (SSSR count). The van der Waals surface area contributed by atoms with Crippen LogP contribution in [0, 0.1) is 6.92 Å². The molecular formula is C16H24N2O3S. The van der Waals surface area contributed by atoms with Gasteiger partial charge in [0.2, 0.25) is 10.0 Å². The van der Waals surface area contributed by atoms with E-state index in [2.05, 4.69) is 9.62 Å². The van der Waals surface area contributed by atoms with Gasteiger partial charge in [0.25, 0.3) is 0 Å². The molecule has 6 heteroatoms. The van der Waals surface area contributed by atoms with Crippen molar-refractivity contribution in [3.63, 3.8) is 0 Å². The van der Waals surface area contributed by atoms with Crippen LogP contribution in [0.2, 0.25) is 0 Å². The molecule has 122 valence electrons. The Morgan fingerprint density at radius 1 is 1.14 bits per heavy atom. The van der Waals surface area contributed by atoms with Gasteiger partial charge in [-0.15, -0.1) is 0 Å². The minimum absolute atomic E-state index is 0.0909. The van der Waals surface area contributed by atoms with Crippen LogP contribution in [-0.4, -0.2) is 49.7 Å². The molecule has 1 saturated carbocycles. The number of benzene rings is 1. The summed E-state index contributed by atoms with van der Waals surface area (Å²) < 4.78 is 27.6. The Morgan fingerprint density at radius 3 is 2.41 bits per heavy atom. The number of rotatable bonds is 4. The minimum atomic E-state index is -3.57. The average molecular weight is 324 g/mol. The summed E-state index contributed by atoms with van der Waals surface area (Å²) in [6, 6.07) is 6.48. The molecule has 0 amide bonds. The molecule has 3 atom stereocenters. The van der Waals surface area contributed by atoms with Gasteiger partial charge < -0.3 is 5.11 Å². The van der Waals surface area contributed by atoms with Crippen molar-refractivity contribution in [1.82, 2.24) is 9.62 Å². The van der Waals surface area contributed by atoms with Gasteiger partial charge in [0.05, 0.1) is 11.0 Å². The lowest BCUT2D eigenvalue weighted by atomic mass is 10.1. The summed E-state index contributed by atoms with van der Waals surface area (Å²) in [5.74, 6) is 0. The lowest BCUT2D eigenvalue weighted by molar-refractivity contribution is 0.0725. The van der Waals surface area contributed by atoms with E-state index in [1.54, 1.807) is 24.3 Å².